The van der Waals surface area contributed by atoms with Gasteiger partial charge in [0.2, 0.25) is 0 Å². The average Bonchev–Trinajstić information content (AvgIpc) is 2.40. The minimum Gasteiger partial charge on any atom is -0.469 e. The highest BCUT2D eigenvalue weighted by Crippen LogP contribution is 2.17. The van der Waals surface area contributed by atoms with E-state index in [0.717, 1.165) is 17.6 Å². The predicted molar refractivity (Wildman–Crippen MR) is 43.2 cm³/mol. The highest BCUT2D eigenvalue weighted by Gasteiger charge is 2.04. The maximum absolute atomic E-state index is 10.5. The van der Waals surface area contributed by atoms with E-state index < -0.39 is 0 Å². The van der Waals surface area contributed by atoms with Crippen LogP contribution in [0, 0.1) is 6.92 Å². The van der Waals surface area contributed by atoms with Crippen LogP contribution in [0.4, 0.5) is 0 Å². The Kier molecular flexibility index (Phi) is 2.26. The quantitative estimate of drug-likeness (QED) is 0.478. The molecule has 2 heteroatoms. The van der Waals surface area contributed by atoms with Gasteiger partial charge in [0.1, 0.15) is 12.0 Å². The van der Waals surface area contributed by atoms with Crippen molar-refractivity contribution in [2.24, 2.45) is 0 Å². The minimum atomic E-state index is 0.677. The molecule has 1 aromatic heterocycles. The second kappa shape index (κ2) is 3.19. The lowest BCUT2D eigenvalue weighted by atomic mass is 10.1. The first-order valence-electron chi connectivity index (χ1n) is 3.45. The number of aldehydes is 1. The Morgan fingerprint density at radius 1 is 1.64 bits per heavy atom. The zero-order valence-corrected chi connectivity index (χ0v) is 6.63. The summed E-state index contributed by atoms with van der Waals surface area (Å²) in [6.07, 6.45) is 4.18. The summed E-state index contributed by atoms with van der Waals surface area (Å²) in [5.41, 5.74) is 1.55. The lowest BCUT2D eigenvalue weighted by Gasteiger charge is -1.93. The first-order chi connectivity index (χ1) is 5.29. The van der Waals surface area contributed by atoms with Gasteiger partial charge in [0, 0.05) is 11.1 Å². The predicted octanol–water partition coefficient (Wildman–Crippen LogP) is 2.19. The van der Waals surface area contributed by atoms with Crippen LogP contribution in [-0.2, 0) is 4.79 Å². The molecule has 0 aliphatic carbocycles. The summed E-state index contributed by atoms with van der Waals surface area (Å²) in [6, 6.07) is 1.79. The number of rotatable bonds is 2. The summed E-state index contributed by atoms with van der Waals surface area (Å²) in [6.45, 7) is 3.67. The molecule has 58 valence electrons. The summed E-state index contributed by atoms with van der Waals surface area (Å²) < 4.78 is 5.05. The molecule has 0 aromatic carbocycles. The third-order valence-corrected chi connectivity index (χ3v) is 1.61. The Balaban J connectivity index is 3.09. The molecule has 0 aliphatic heterocycles. The molecule has 0 spiro atoms. The smallest absolute Gasteiger partial charge is 0.150 e. The molecule has 2 nitrogen and oxygen atoms in total. The Morgan fingerprint density at radius 2 is 2.36 bits per heavy atom. The van der Waals surface area contributed by atoms with E-state index in [0.29, 0.717) is 5.57 Å². The third-order valence-electron chi connectivity index (χ3n) is 1.61. The third kappa shape index (κ3) is 1.40. The van der Waals surface area contributed by atoms with Crippen LogP contribution in [-0.4, -0.2) is 6.29 Å². The maximum Gasteiger partial charge on any atom is 0.150 e. The van der Waals surface area contributed by atoms with Crippen LogP contribution in [0.1, 0.15) is 18.2 Å². The summed E-state index contributed by atoms with van der Waals surface area (Å²) in [7, 11) is 0. The molecule has 11 heavy (non-hydrogen) atoms. The largest absolute Gasteiger partial charge is 0.469 e. The van der Waals surface area contributed by atoms with E-state index in [9.17, 15) is 4.79 Å². The van der Waals surface area contributed by atoms with Crippen molar-refractivity contribution in [1.82, 2.24) is 0 Å². The topological polar surface area (TPSA) is 30.2 Å². The normalized spacial score (nSPS) is 11.6. The van der Waals surface area contributed by atoms with Gasteiger partial charge >= 0.3 is 0 Å². The SMILES string of the molecule is C/C=C(/C=O)c1ccoc1C. The molecule has 1 heterocycles. The van der Waals surface area contributed by atoms with Gasteiger partial charge in [-0.05, 0) is 19.9 Å². The molecule has 1 aromatic rings. The van der Waals surface area contributed by atoms with Gasteiger partial charge < -0.3 is 4.42 Å². The summed E-state index contributed by atoms with van der Waals surface area (Å²) in [5, 5.41) is 0. The molecule has 0 bridgehead atoms. The number of hydrogen-bond donors (Lipinski definition) is 0. The number of hydrogen-bond acceptors (Lipinski definition) is 2. The molecule has 0 fully saturated rings. The molecule has 0 atom stereocenters. The molecule has 0 unspecified atom stereocenters. The van der Waals surface area contributed by atoms with Gasteiger partial charge in [0.05, 0.1) is 6.26 Å². The van der Waals surface area contributed by atoms with E-state index in [1.165, 1.54) is 0 Å². The fourth-order valence-electron chi connectivity index (χ4n) is 0.971. The van der Waals surface area contributed by atoms with E-state index in [1.807, 2.05) is 13.8 Å². The van der Waals surface area contributed by atoms with Crippen molar-refractivity contribution in [3.63, 3.8) is 0 Å². The van der Waals surface area contributed by atoms with E-state index in [1.54, 1.807) is 18.4 Å². The Morgan fingerprint density at radius 3 is 2.73 bits per heavy atom. The molecule has 0 aliphatic rings. The number of allylic oxidation sites excluding steroid dienone is 2. The van der Waals surface area contributed by atoms with E-state index in [-0.39, 0.29) is 0 Å². The van der Waals surface area contributed by atoms with Gasteiger partial charge in [-0.15, -0.1) is 0 Å². The highest BCUT2D eigenvalue weighted by molar-refractivity contribution is 6.07. The number of carbonyl (C=O) groups excluding carboxylic acids is 1. The van der Waals surface area contributed by atoms with E-state index in [4.69, 9.17) is 4.42 Å². The van der Waals surface area contributed by atoms with Crippen molar-refractivity contribution in [2.45, 2.75) is 13.8 Å². The van der Waals surface area contributed by atoms with Crippen LogP contribution < -0.4 is 0 Å². The molecule has 0 N–H and O–H groups in total. The number of aryl methyl sites for hydroxylation is 1. The van der Waals surface area contributed by atoms with Crippen LogP contribution in [0.2, 0.25) is 0 Å². The zero-order chi connectivity index (χ0) is 8.27. The Labute approximate surface area is 65.5 Å². The molecular formula is C9H10O2. The molecule has 0 saturated heterocycles. The van der Waals surface area contributed by atoms with E-state index >= 15 is 0 Å². The fourth-order valence-corrected chi connectivity index (χ4v) is 0.971. The highest BCUT2D eigenvalue weighted by atomic mass is 16.3. The van der Waals surface area contributed by atoms with Crippen LogP contribution in [0.5, 0.6) is 0 Å². The Bertz CT molecular complexity index is 282. The van der Waals surface area contributed by atoms with Crippen LogP contribution in [0.25, 0.3) is 5.57 Å². The molecule has 1 rings (SSSR count). The molecule has 0 amide bonds. The summed E-state index contributed by atoms with van der Waals surface area (Å²) in [5.74, 6) is 0.783. The minimum absolute atomic E-state index is 0.677. The lowest BCUT2D eigenvalue weighted by molar-refractivity contribution is -0.103. The van der Waals surface area contributed by atoms with Crippen molar-refractivity contribution in [2.75, 3.05) is 0 Å². The van der Waals surface area contributed by atoms with Gasteiger partial charge in [-0.2, -0.15) is 0 Å². The number of carbonyl (C=O) groups is 1. The standard InChI is InChI=1S/C9H10O2/c1-3-8(6-10)9-4-5-11-7(9)2/h3-6H,1-2H3/b8-3-. The second-order valence-corrected chi connectivity index (χ2v) is 2.25. The van der Waals surface area contributed by atoms with Gasteiger partial charge in [0.25, 0.3) is 0 Å². The molecule has 0 saturated carbocycles. The van der Waals surface area contributed by atoms with Gasteiger partial charge in [0.15, 0.2) is 0 Å². The maximum atomic E-state index is 10.5. The zero-order valence-electron chi connectivity index (χ0n) is 6.63. The molecule has 0 radical (unpaired) electrons. The van der Waals surface area contributed by atoms with Crippen molar-refractivity contribution >= 4 is 11.9 Å². The van der Waals surface area contributed by atoms with Crippen molar-refractivity contribution in [3.8, 4) is 0 Å². The monoisotopic (exact) mass is 150 g/mol. The van der Waals surface area contributed by atoms with Crippen LogP contribution in [0.3, 0.4) is 0 Å². The van der Waals surface area contributed by atoms with Crippen molar-refractivity contribution in [1.29, 1.82) is 0 Å². The van der Waals surface area contributed by atoms with Gasteiger partial charge in [-0.3, -0.25) is 4.79 Å². The fraction of sp³-hybridized carbons (Fsp3) is 0.222. The first-order valence-corrected chi connectivity index (χ1v) is 3.45. The average molecular weight is 150 g/mol. The van der Waals surface area contributed by atoms with E-state index in [2.05, 4.69) is 0 Å². The van der Waals surface area contributed by atoms with Crippen molar-refractivity contribution in [3.05, 3.63) is 29.7 Å². The second-order valence-electron chi connectivity index (χ2n) is 2.25. The molecular weight excluding hydrogens is 140 g/mol. The summed E-state index contributed by atoms with van der Waals surface area (Å²) >= 11 is 0. The van der Waals surface area contributed by atoms with Crippen LogP contribution in [0.15, 0.2) is 22.8 Å². The van der Waals surface area contributed by atoms with Crippen molar-refractivity contribution < 1.29 is 9.21 Å². The number of furan rings is 1. The first kappa shape index (κ1) is 7.79. The summed E-state index contributed by atoms with van der Waals surface area (Å²) in [4.78, 5) is 10.5. The lowest BCUT2D eigenvalue weighted by Crippen LogP contribution is -1.83. The van der Waals surface area contributed by atoms with Gasteiger partial charge in [-0.1, -0.05) is 6.08 Å². The van der Waals surface area contributed by atoms with Crippen LogP contribution >= 0.6 is 0 Å². The Hall–Kier alpha value is -1.31. The van der Waals surface area contributed by atoms with Gasteiger partial charge in [-0.25, -0.2) is 0 Å².